The highest BCUT2D eigenvalue weighted by Gasteiger charge is 2.02. The van der Waals surface area contributed by atoms with E-state index in [1.165, 1.54) is 0 Å². The van der Waals surface area contributed by atoms with E-state index in [4.69, 9.17) is 17.3 Å². The fourth-order valence-electron chi connectivity index (χ4n) is 1.17. The second-order valence-electron chi connectivity index (χ2n) is 2.81. The highest BCUT2D eigenvalue weighted by molar-refractivity contribution is 6.33. The standard InChI is InChI=1S/C10H8ClN3/c11-9-4-2-1-3-8(9)7-5-13-10(12)14-6-7/h1-6H,(H2,12,13,14). The van der Waals surface area contributed by atoms with Gasteiger partial charge in [0, 0.05) is 28.5 Å². The van der Waals surface area contributed by atoms with Crippen molar-refractivity contribution >= 4 is 17.5 Å². The smallest absolute Gasteiger partial charge is 0.219 e. The third-order valence-electron chi connectivity index (χ3n) is 1.86. The molecule has 0 aliphatic carbocycles. The lowest BCUT2D eigenvalue weighted by Gasteiger charge is -2.02. The van der Waals surface area contributed by atoms with E-state index in [2.05, 4.69) is 9.97 Å². The molecular formula is C10H8ClN3. The molecule has 0 atom stereocenters. The topological polar surface area (TPSA) is 51.8 Å². The summed E-state index contributed by atoms with van der Waals surface area (Å²) in [4.78, 5) is 7.81. The number of hydrogen-bond donors (Lipinski definition) is 1. The number of hydrogen-bond acceptors (Lipinski definition) is 3. The molecule has 0 aliphatic rings. The fraction of sp³-hybridized carbons (Fsp3) is 0. The summed E-state index contributed by atoms with van der Waals surface area (Å²) >= 11 is 6.01. The van der Waals surface area contributed by atoms with Crippen molar-refractivity contribution in [3.63, 3.8) is 0 Å². The SMILES string of the molecule is Nc1ncc(-c2ccccc2Cl)cn1. The molecule has 0 bridgehead atoms. The van der Waals surface area contributed by atoms with Crippen LogP contribution in [0.4, 0.5) is 5.95 Å². The molecule has 0 saturated carbocycles. The molecule has 1 heterocycles. The van der Waals surface area contributed by atoms with Crippen LogP contribution >= 0.6 is 11.6 Å². The van der Waals surface area contributed by atoms with Crippen molar-refractivity contribution < 1.29 is 0 Å². The van der Waals surface area contributed by atoms with Crippen LogP contribution in [0.1, 0.15) is 0 Å². The highest BCUT2D eigenvalue weighted by Crippen LogP contribution is 2.26. The Balaban J connectivity index is 2.50. The molecule has 2 N–H and O–H groups in total. The molecule has 0 aliphatic heterocycles. The molecule has 2 aromatic rings. The largest absolute Gasteiger partial charge is 0.368 e. The maximum absolute atomic E-state index is 6.01. The lowest BCUT2D eigenvalue weighted by Crippen LogP contribution is -1.93. The van der Waals surface area contributed by atoms with E-state index in [0.717, 1.165) is 11.1 Å². The normalized spacial score (nSPS) is 10.1. The number of rotatable bonds is 1. The molecule has 4 heteroatoms. The van der Waals surface area contributed by atoms with Gasteiger partial charge in [-0.25, -0.2) is 9.97 Å². The van der Waals surface area contributed by atoms with Crippen LogP contribution in [-0.2, 0) is 0 Å². The minimum atomic E-state index is 0.265. The molecule has 0 amide bonds. The number of nitrogens with two attached hydrogens (primary N) is 1. The third-order valence-corrected chi connectivity index (χ3v) is 2.19. The van der Waals surface area contributed by atoms with Gasteiger partial charge in [-0.3, -0.25) is 0 Å². The van der Waals surface area contributed by atoms with Crippen molar-refractivity contribution in [1.29, 1.82) is 0 Å². The van der Waals surface area contributed by atoms with Gasteiger partial charge in [0.25, 0.3) is 0 Å². The Morgan fingerprint density at radius 3 is 2.36 bits per heavy atom. The van der Waals surface area contributed by atoms with E-state index >= 15 is 0 Å². The zero-order chi connectivity index (χ0) is 9.97. The van der Waals surface area contributed by atoms with Crippen LogP contribution < -0.4 is 5.73 Å². The van der Waals surface area contributed by atoms with E-state index in [-0.39, 0.29) is 5.95 Å². The number of benzene rings is 1. The van der Waals surface area contributed by atoms with Gasteiger partial charge in [0.1, 0.15) is 0 Å². The molecular weight excluding hydrogens is 198 g/mol. The van der Waals surface area contributed by atoms with Gasteiger partial charge in [0.15, 0.2) is 0 Å². The Morgan fingerprint density at radius 1 is 1.07 bits per heavy atom. The van der Waals surface area contributed by atoms with Crippen LogP contribution in [-0.4, -0.2) is 9.97 Å². The van der Waals surface area contributed by atoms with Crippen LogP contribution in [0.3, 0.4) is 0 Å². The molecule has 2 rings (SSSR count). The molecule has 3 nitrogen and oxygen atoms in total. The molecule has 0 saturated heterocycles. The average molecular weight is 206 g/mol. The molecule has 1 aromatic carbocycles. The summed E-state index contributed by atoms with van der Waals surface area (Å²) in [7, 11) is 0. The molecule has 14 heavy (non-hydrogen) atoms. The van der Waals surface area contributed by atoms with Crippen LogP contribution in [0.25, 0.3) is 11.1 Å². The predicted molar refractivity (Wildman–Crippen MR) is 56.9 cm³/mol. The second-order valence-corrected chi connectivity index (χ2v) is 3.22. The summed E-state index contributed by atoms with van der Waals surface area (Å²) in [6, 6.07) is 7.53. The number of aromatic nitrogens is 2. The van der Waals surface area contributed by atoms with E-state index in [1.807, 2.05) is 24.3 Å². The van der Waals surface area contributed by atoms with E-state index in [1.54, 1.807) is 12.4 Å². The molecule has 0 fully saturated rings. The molecule has 70 valence electrons. The summed E-state index contributed by atoms with van der Waals surface area (Å²) in [5, 5.41) is 0.681. The minimum absolute atomic E-state index is 0.265. The van der Waals surface area contributed by atoms with Crippen LogP contribution in [0, 0.1) is 0 Å². The van der Waals surface area contributed by atoms with Gasteiger partial charge in [0.2, 0.25) is 5.95 Å². The second kappa shape index (κ2) is 3.64. The number of anilines is 1. The Hall–Kier alpha value is -1.61. The van der Waals surface area contributed by atoms with Gasteiger partial charge in [-0.15, -0.1) is 0 Å². The quantitative estimate of drug-likeness (QED) is 0.778. The predicted octanol–water partition coefficient (Wildman–Crippen LogP) is 2.38. The van der Waals surface area contributed by atoms with Gasteiger partial charge >= 0.3 is 0 Å². The summed E-state index contributed by atoms with van der Waals surface area (Å²) in [5.74, 6) is 0.265. The first kappa shape index (κ1) is 8.97. The first-order valence-corrected chi connectivity index (χ1v) is 4.47. The van der Waals surface area contributed by atoms with Gasteiger partial charge in [-0.2, -0.15) is 0 Å². The molecule has 1 aromatic heterocycles. The maximum Gasteiger partial charge on any atom is 0.219 e. The summed E-state index contributed by atoms with van der Waals surface area (Å²) in [6.45, 7) is 0. The summed E-state index contributed by atoms with van der Waals surface area (Å²) in [5.41, 5.74) is 7.16. The molecule has 0 radical (unpaired) electrons. The lowest BCUT2D eigenvalue weighted by molar-refractivity contribution is 1.19. The fourth-order valence-corrected chi connectivity index (χ4v) is 1.42. The van der Waals surface area contributed by atoms with Crippen molar-refractivity contribution in [2.75, 3.05) is 5.73 Å². The first-order valence-electron chi connectivity index (χ1n) is 4.10. The number of halogens is 1. The Bertz CT molecular complexity index is 439. The zero-order valence-corrected chi connectivity index (χ0v) is 8.07. The van der Waals surface area contributed by atoms with Crippen LogP contribution in [0.5, 0.6) is 0 Å². The molecule has 0 spiro atoms. The number of nitrogen functional groups attached to an aromatic ring is 1. The van der Waals surface area contributed by atoms with E-state index < -0.39 is 0 Å². The lowest BCUT2D eigenvalue weighted by atomic mass is 10.1. The monoisotopic (exact) mass is 205 g/mol. The Morgan fingerprint density at radius 2 is 1.71 bits per heavy atom. The van der Waals surface area contributed by atoms with Crippen molar-refractivity contribution in [2.45, 2.75) is 0 Å². The number of nitrogens with zero attached hydrogens (tertiary/aromatic N) is 2. The van der Waals surface area contributed by atoms with E-state index in [9.17, 15) is 0 Å². The van der Waals surface area contributed by atoms with Crippen molar-refractivity contribution in [1.82, 2.24) is 9.97 Å². The Labute approximate surface area is 86.6 Å². The summed E-state index contributed by atoms with van der Waals surface area (Å²) in [6.07, 6.45) is 3.31. The summed E-state index contributed by atoms with van der Waals surface area (Å²) < 4.78 is 0. The third kappa shape index (κ3) is 1.67. The molecule has 0 unspecified atom stereocenters. The van der Waals surface area contributed by atoms with Gasteiger partial charge < -0.3 is 5.73 Å². The van der Waals surface area contributed by atoms with Crippen molar-refractivity contribution in [3.05, 3.63) is 41.7 Å². The maximum atomic E-state index is 6.01. The first-order chi connectivity index (χ1) is 6.77. The van der Waals surface area contributed by atoms with Crippen molar-refractivity contribution in [2.24, 2.45) is 0 Å². The van der Waals surface area contributed by atoms with Crippen LogP contribution in [0.2, 0.25) is 5.02 Å². The highest BCUT2D eigenvalue weighted by atomic mass is 35.5. The van der Waals surface area contributed by atoms with E-state index in [0.29, 0.717) is 5.02 Å². The minimum Gasteiger partial charge on any atom is -0.368 e. The van der Waals surface area contributed by atoms with Gasteiger partial charge in [-0.05, 0) is 6.07 Å². The van der Waals surface area contributed by atoms with Gasteiger partial charge in [0.05, 0.1) is 0 Å². The van der Waals surface area contributed by atoms with Crippen molar-refractivity contribution in [3.8, 4) is 11.1 Å². The average Bonchev–Trinajstić information content (AvgIpc) is 2.20. The zero-order valence-electron chi connectivity index (χ0n) is 7.31. The van der Waals surface area contributed by atoms with Gasteiger partial charge in [-0.1, -0.05) is 29.8 Å². The Kier molecular flexibility index (Phi) is 2.33. The van der Waals surface area contributed by atoms with Crippen LogP contribution in [0.15, 0.2) is 36.7 Å².